The van der Waals surface area contributed by atoms with Crippen LogP contribution in [0, 0.1) is 0 Å². The number of morpholine rings is 1. The zero-order valence-electron chi connectivity index (χ0n) is 11.9. The van der Waals surface area contributed by atoms with Crippen LogP contribution in [0.4, 0.5) is 19.0 Å². The Morgan fingerprint density at radius 2 is 2.09 bits per heavy atom. The fourth-order valence-electron chi connectivity index (χ4n) is 2.56. The molecule has 0 bridgehead atoms. The van der Waals surface area contributed by atoms with Gasteiger partial charge in [0.15, 0.2) is 0 Å². The molecule has 1 aliphatic heterocycles. The number of rotatable bonds is 2. The first kappa shape index (κ1) is 14.8. The van der Waals surface area contributed by atoms with Gasteiger partial charge in [-0.25, -0.2) is 4.98 Å². The molecule has 2 aromatic heterocycles. The van der Waals surface area contributed by atoms with Gasteiger partial charge in [-0.15, -0.1) is 0 Å². The van der Waals surface area contributed by atoms with Gasteiger partial charge in [-0.05, 0) is 18.2 Å². The largest absolute Gasteiger partial charge is 0.417 e. The molecule has 1 atom stereocenters. The van der Waals surface area contributed by atoms with Crippen LogP contribution in [0.2, 0.25) is 0 Å². The smallest absolute Gasteiger partial charge is 0.377 e. The number of halogens is 3. The molecule has 1 fully saturated rings. The van der Waals surface area contributed by atoms with Crippen LogP contribution in [0.15, 0.2) is 30.6 Å². The van der Waals surface area contributed by atoms with Crippen molar-refractivity contribution in [1.82, 2.24) is 14.8 Å². The molecule has 1 aliphatic rings. The quantitative estimate of drug-likeness (QED) is 0.854. The molecule has 1 saturated heterocycles. The van der Waals surface area contributed by atoms with Gasteiger partial charge in [0.05, 0.1) is 30.5 Å². The molecule has 0 amide bonds. The van der Waals surface area contributed by atoms with Crippen molar-refractivity contribution in [1.29, 1.82) is 0 Å². The van der Waals surface area contributed by atoms with E-state index in [0.717, 1.165) is 18.0 Å². The number of anilines is 1. The highest BCUT2D eigenvalue weighted by Gasteiger charge is 2.32. The molecule has 0 N–H and O–H groups in total. The summed E-state index contributed by atoms with van der Waals surface area (Å²) in [7, 11) is 1.82. The molecule has 0 aliphatic carbocycles. The summed E-state index contributed by atoms with van der Waals surface area (Å²) in [6, 6.07) is 4.21. The van der Waals surface area contributed by atoms with Crippen LogP contribution < -0.4 is 4.90 Å². The van der Waals surface area contributed by atoms with E-state index in [4.69, 9.17) is 4.74 Å². The van der Waals surface area contributed by atoms with Crippen LogP contribution in [0.25, 0.3) is 0 Å². The van der Waals surface area contributed by atoms with Crippen molar-refractivity contribution in [3.8, 4) is 0 Å². The number of alkyl halides is 3. The molecule has 8 heteroatoms. The van der Waals surface area contributed by atoms with Crippen molar-refractivity contribution >= 4 is 5.82 Å². The van der Waals surface area contributed by atoms with Crippen LogP contribution in [0.1, 0.15) is 17.3 Å². The van der Waals surface area contributed by atoms with E-state index >= 15 is 0 Å². The second-order valence-electron chi connectivity index (χ2n) is 5.07. The molecule has 0 spiro atoms. The van der Waals surface area contributed by atoms with Crippen molar-refractivity contribution in [2.45, 2.75) is 12.2 Å². The third-order valence-electron chi connectivity index (χ3n) is 3.70. The number of aromatic nitrogens is 3. The van der Waals surface area contributed by atoms with Crippen LogP contribution >= 0.6 is 0 Å². The van der Waals surface area contributed by atoms with E-state index in [-0.39, 0.29) is 6.04 Å². The molecule has 0 radical (unpaired) electrons. The molecule has 22 heavy (non-hydrogen) atoms. The minimum absolute atomic E-state index is 0.120. The number of pyridine rings is 1. The Balaban J connectivity index is 1.89. The molecule has 0 saturated carbocycles. The van der Waals surface area contributed by atoms with Crippen molar-refractivity contribution in [2.75, 3.05) is 24.7 Å². The zero-order chi connectivity index (χ0) is 15.7. The summed E-state index contributed by atoms with van der Waals surface area (Å²) in [6.45, 7) is 1.52. The van der Waals surface area contributed by atoms with Crippen LogP contribution in [-0.2, 0) is 18.0 Å². The second-order valence-corrected chi connectivity index (χ2v) is 5.07. The molecule has 0 aromatic carbocycles. The lowest BCUT2D eigenvalue weighted by Crippen LogP contribution is -2.41. The normalized spacial score (nSPS) is 19.5. The van der Waals surface area contributed by atoms with Gasteiger partial charge in [-0.1, -0.05) is 0 Å². The summed E-state index contributed by atoms with van der Waals surface area (Å²) < 4.78 is 45.1. The van der Waals surface area contributed by atoms with Gasteiger partial charge in [0.2, 0.25) is 0 Å². The Kier molecular flexibility index (Phi) is 3.78. The van der Waals surface area contributed by atoms with Crippen LogP contribution in [0.3, 0.4) is 0 Å². The monoisotopic (exact) mass is 312 g/mol. The minimum atomic E-state index is -4.38. The van der Waals surface area contributed by atoms with Gasteiger partial charge < -0.3 is 9.64 Å². The third-order valence-corrected chi connectivity index (χ3v) is 3.70. The van der Waals surface area contributed by atoms with Gasteiger partial charge in [-0.2, -0.15) is 18.3 Å². The maximum absolute atomic E-state index is 12.6. The summed E-state index contributed by atoms with van der Waals surface area (Å²) in [4.78, 5) is 5.92. The average molecular weight is 312 g/mol. The second kappa shape index (κ2) is 5.60. The molecule has 5 nitrogen and oxygen atoms in total. The summed E-state index contributed by atoms with van der Waals surface area (Å²) in [5, 5.41) is 4.13. The Morgan fingerprint density at radius 1 is 1.27 bits per heavy atom. The molecule has 3 heterocycles. The van der Waals surface area contributed by atoms with Crippen LogP contribution in [0.5, 0.6) is 0 Å². The Bertz CT molecular complexity index is 638. The van der Waals surface area contributed by atoms with Gasteiger partial charge >= 0.3 is 6.18 Å². The van der Waals surface area contributed by atoms with E-state index in [2.05, 4.69) is 10.1 Å². The number of ether oxygens (including phenoxy) is 1. The lowest BCUT2D eigenvalue weighted by Gasteiger charge is -2.36. The summed E-state index contributed by atoms with van der Waals surface area (Å²) >= 11 is 0. The SMILES string of the molecule is Cn1nccc1C1COCCN1c1ccc(C(F)(F)F)cn1. The van der Waals surface area contributed by atoms with Crippen molar-refractivity contribution < 1.29 is 17.9 Å². The van der Waals surface area contributed by atoms with E-state index in [0.29, 0.717) is 25.6 Å². The van der Waals surface area contributed by atoms with E-state index in [9.17, 15) is 13.2 Å². The van der Waals surface area contributed by atoms with Gasteiger partial charge in [-0.3, -0.25) is 4.68 Å². The first-order valence-electron chi connectivity index (χ1n) is 6.82. The molecular weight excluding hydrogens is 297 g/mol. The predicted octanol–water partition coefficient (Wildman–Crippen LogP) is 2.41. The maximum atomic E-state index is 12.6. The Hall–Kier alpha value is -2.09. The first-order chi connectivity index (χ1) is 10.5. The highest BCUT2D eigenvalue weighted by atomic mass is 19.4. The van der Waals surface area contributed by atoms with E-state index in [1.165, 1.54) is 6.07 Å². The number of nitrogens with zero attached hydrogens (tertiary/aromatic N) is 4. The molecule has 2 aromatic rings. The minimum Gasteiger partial charge on any atom is -0.377 e. The first-order valence-corrected chi connectivity index (χ1v) is 6.82. The Labute approximate surface area is 125 Å². The van der Waals surface area contributed by atoms with Crippen molar-refractivity contribution in [3.05, 3.63) is 41.9 Å². The highest BCUT2D eigenvalue weighted by molar-refractivity contribution is 5.43. The Morgan fingerprint density at radius 3 is 2.68 bits per heavy atom. The molecular formula is C14H15F3N4O. The van der Waals surface area contributed by atoms with Gasteiger partial charge in [0.25, 0.3) is 0 Å². The van der Waals surface area contributed by atoms with Gasteiger partial charge in [0.1, 0.15) is 5.82 Å². The lowest BCUT2D eigenvalue weighted by molar-refractivity contribution is -0.137. The van der Waals surface area contributed by atoms with Crippen molar-refractivity contribution in [2.24, 2.45) is 7.05 Å². The topological polar surface area (TPSA) is 43.2 Å². The summed E-state index contributed by atoms with van der Waals surface area (Å²) in [6.07, 6.45) is -1.83. The molecule has 118 valence electrons. The predicted molar refractivity (Wildman–Crippen MR) is 73.4 cm³/mol. The fraction of sp³-hybridized carbons (Fsp3) is 0.429. The third kappa shape index (κ3) is 2.78. The molecule has 1 unspecified atom stereocenters. The van der Waals surface area contributed by atoms with Crippen molar-refractivity contribution in [3.63, 3.8) is 0 Å². The van der Waals surface area contributed by atoms with E-state index < -0.39 is 11.7 Å². The highest BCUT2D eigenvalue weighted by Crippen LogP contribution is 2.32. The maximum Gasteiger partial charge on any atom is 0.417 e. The number of hydrogen-bond acceptors (Lipinski definition) is 4. The van der Waals surface area contributed by atoms with E-state index in [1.807, 2.05) is 18.0 Å². The summed E-state index contributed by atoms with van der Waals surface area (Å²) in [5.41, 5.74) is 0.183. The van der Waals surface area contributed by atoms with Gasteiger partial charge in [0, 0.05) is 26.0 Å². The number of aryl methyl sites for hydroxylation is 1. The number of hydrogen-bond donors (Lipinski definition) is 0. The average Bonchev–Trinajstić information content (AvgIpc) is 2.92. The zero-order valence-corrected chi connectivity index (χ0v) is 11.9. The van der Waals surface area contributed by atoms with Crippen LogP contribution in [-0.4, -0.2) is 34.5 Å². The standard InChI is InChI=1S/C14H15F3N4O/c1-20-11(4-5-19-20)12-9-22-7-6-21(12)13-3-2-10(8-18-13)14(15,16)17/h2-5,8,12H,6-7,9H2,1H3. The molecule has 3 rings (SSSR count). The summed E-state index contributed by atoms with van der Waals surface area (Å²) in [5.74, 6) is 0.502. The lowest BCUT2D eigenvalue weighted by atomic mass is 10.1. The fourth-order valence-corrected chi connectivity index (χ4v) is 2.56. The van der Waals surface area contributed by atoms with E-state index in [1.54, 1.807) is 10.9 Å².